The molecule has 2 rings (SSSR count). The summed E-state index contributed by atoms with van der Waals surface area (Å²) in [6, 6.07) is 0. The molecule has 2 fully saturated rings. The lowest BCUT2D eigenvalue weighted by Gasteiger charge is -2.48. The highest BCUT2D eigenvalue weighted by molar-refractivity contribution is 5.89. The number of rotatable bonds is 0. The number of carbonyl (C=O) groups excluding carboxylic acids is 1. The van der Waals surface area contributed by atoms with E-state index in [1.54, 1.807) is 0 Å². The van der Waals surface area contributed by atoms with E-state index in [1.807, 2.05) is 6.92 Å². The Morgan fingerprint density at radius 3 is 3.10 bits per heavy atom. The van der Waals surface area contributed by atoms with Crippen molar-refractivity contribution in [3.8, 4) is 0 Å². The average Bonchev–Trinajstić information content (AvgIpc) is 1.93. The summed E-state index contributed by atoms with van der Waals surface area (Å²) >= 11 is 0. The van der Waals surface area contributed by atoms with Crippen molar-refractivity contribution in [3.05, 3.63) is 0 Å². The van der Waals surface area contributed by atoms with Gasteiger partial charge in [0.2, 0.25) is 5.91 Å². The van der Waals surface area contributed by atoms with Crippen molar-refractivity contribution in [3.63, 3.8) is 0 Å². The molecule has 0 saturated carbocycles. The summed E-state index contributed by atoms with van der Waals surface area (Å²) in [5.74, 6) is 0.150. The van der Waals surface area contributed by atoms with Crippen molar-refractivity contribution in [2.75, 3.05) is 6.61 Å². The van der Waals surface area contributed by atoms with Gasteiger partial charge in [0, 0.05) is 6.61 Å². The fourth-order valence-electron chi connectivity index (χ4n) is 1.60. The van der Waals surface area contributed by atoms with Gasteiger partial charge in [0.1, 0.15) is 6.23 Å². The number of hydrogen-bond acceptors (Lipinski definition) is 2. The minimum atomic E-state index is -0.196. The molecule has 0 aromatic rings. The van der Waals surface area contributed by atoms with Crippen LogP contribution < -0.4 is 5.32 Å². The number of carbonyl (C=O) groups is 1. The van der Waals surface area contributed by atoms with Crippen molar-refractivity contribution in [2.24, 2.45) is 5.41 Å². The minimum Gasteiger partial charge on any atom is -0.357 e. The van der Waals surface area contributed by atoms with E-state index in [4.69, 9.17) is 4.74 Å². The van der Waals surface area contributed by atoms with Crippen LogP contribution >= 0.6 is 0 Å². The fraction of sp³-hybridized carbons (Fsp3) is 0.857. The predicted octanol–water partition coefficient (Wildman–Crippen LogP) is 0.259. The van der Waals surface area contributed by atoms with Gasteiger partial charge in [0.15, 0.2) is 0 Å². The minimum absolute atomic E-state index is 0.00810. The number of ether oxygens (including phenoxy) is 1. The molecule has 0 spiro atoms. The lowest BCUT2D eigenvalue weighted by Crippen LogP contribution is -2.68. The summed E-state index contributed by atoms with van der Waals surface area (Å²) in [6.45, 7) is 2.76. The maximum atomic E-state index is 11.0. The van der Waals surface area contributed by atoms with Crippen LogP contribution in [0, 0.1) is 5.41 Å². The molecule has 2 aliphatic heterocycles. The van der Waals surface area contributed by atoms with Crippen molar-refractivity contribution in [1.82, 2.24) is 5.32 Å². The van der Waals surface area contributed by atoms with Crippen LogP contribution in [0.15, 0.2) is 0 Å². The normalized spacial score (nSPS) is 45.3. The van der Waals surface area contributed by atoms with Crippen LogP contribution in [-0.4, -0.2) is 18.7 Å². The van der Waals surface area contributed by atoms with E-state index in [2.05, 4.69) is 5.32 Å². The lowest BCUT2D eigenvalue weighted by molar-refractivity contribution is -0.183. The first-order valence-electron chi connectivity index (χ1n) is 3.66. The Kier molecular flexibility index (Phi) is 1.06. The lowest BCUT2D eigenvalue weighted by atomic mass is 9.75. The molecular formula is C7H11NO2. The Labute approximate surface area is 59.7 Å². The monoisotopic (exact) mass is 141 g/mol. The molecule has 2 heterocycles. The molecule has 10 heavy (non-hydrogen) atoms. The van der Waals surface area contributed by atoms with E-state index in [0.29, 0.717) is 0 Å². The van der Waals surface area contributed by atoms with E-state index >= 15 is 0 Å². The van der Waals surface area contributed by atoms with Crippen LogP contribution in [0.25, 0.3) is 0 Å². The van der Waals surface area contributed by atoms with Crippen LogP contribution in [0.4, 0.5) is 0 Å². The first-order valence-corrected chi connectivity index (χ1v) is 3.66. The van der Waals surface area contributed by atoms with E-state index in [9.17, 15) is 4.79 Å². The third kappa shape index (κ3) is 0.560. The zero-order chi connectivity index (χ0) is 7.19. The van der Waals surface area contributed by atoms with E-state index in [-0.39, 0.29) is 17.6 Å². The molecule has 0 unspecified atom stereocenters. The van der Waals surface area contributed by atoms with Gasteiger partial charge in [-0.15, -0.1) is 0 Å². The van der Waals surface area contributed by atoms with Crippen LogP contribution in [-0.2, 0) is 9.53 Å². The molecule has 2 saturated heterocycles. The predicted molar refractivity (Wildman–Crippen MR) is 35.2 cm³/mol. The topological polar surface area (TPSA) is 38.3 Å². The SMILES string of the molecule is C[C@@]12CCCO[C@@H]1NC2=O. The third-order valence-electron chi connectivity index (χ3n) is 2.48. The van der Waals surface area contributed by atoms with Crippen molar-refractivity contribution >= 4 is 5.91 Å². The largest absolute Gasteiger partial charge is 0.357 e. The van der Waals surface area contributed by atoms with Gasteiger partial charge >= 0.3 is 0 Å². The van der Waals surface area contributed by atoms with Gasteiger partial charge in [0.05, 0.1) is 5.41 Å². The zero-order valence-corrected chi connectivity index (χ0v) is 6.02. The highest BCUT2D eigenvalue weighted by Gasteiger charge is 2.53. The average molecular weight is 141 g/mol. The van der Waals surface area contributed by atoms with Crippen LogP contribution in [0.3, 0.4) is 0 Å². The molecule has 3 nitrogen and oxygen atoms in total. The maximum absolute atomic E-state index is 11.0. The Hall–Kier alpha value is -0.570. The molecular weight excluding hydrogens is 130 g/mol. The summed E-state index contributed by atoms with van der Waals surface area (Å²) in [6.07, 6.45) is 2.00. The fourth-order valence-corrected chi connectivity index (χ4v) is 1.60. The maximum Gasteiger partial charge on any atom is 0.232 e. The molecule has 0 aromatic heterocycles. The molecule has 0 bridgehead atoms. The third-order valence-corrected chi connectivity index (χ3v) is 2.48. The number of fused-ring (bicyclic) bond motifs is 1. The molecule has 56 valence electrons. The van der Waals surface area contributed by atoms with Crippen LogP contribution in [0.5, 0.6) is 0 Å². The van der Waals surface area contributed by atoms with Crippen molar-refractivity contribution in [1.29, 1.82) is 0 Å². The molecule has 2 atom stereocenters. The van der Waals surface area contributed by atoms with Crippen LogP contribution in [0.1, 0.15) is 19.8 Å². The summed E-state index contributed by atoms with van der Waals surface area (Å²) < 4.78 is 5.32. The quantitative estimate of drug-likeness (QED) is 0.491. The summed E-state index contributed by atoms with van der Waals surface area (Å²) in [7, 11) is 0. The molecule has 1 amide bonds. The van der Waals surface area contributed by atoms with Gasteiger partial charge in [-0.3, -0.25) is 4.79 Å². The number of nitrogens with one attached hydrogen (secondary N) is 1. The van der Waals surface area contributed by atoms with Gasteiger partial charge in [-0.1, -0.05) is 0 Å². The van der Waals surface area contributed by atoms with Crippen molar-refractivity contribution in [2.45, 2.75) is 26.0 Å². The number of hydrogen-bond donors (Lipinski definition) is 1. The summed E-state index contributed by atoms with van der Waals surface area (Å²) in [5, 5.41) is 2.72. The van der Waals surface area contributed by atoms with Gasteiger partial charge in [-0.2, -0.15) is 0 Å². The first kappa shape index (κ1) is 6.16. The Morgan fingerprint density at radius 2 is 2.60 bits per heavy atom. The molecule has 1 N–H and O–H groups in total. The van der Waals surface area contributed by atoms with E-state index < -0.39 is 0 Å². The summed E-state index contributed by atoms with van der Waals surface area (Å²) in [4.78, 5) is 11.0. The standard InChI is InChI=1S/C7H11NO2/c1-7-3-2-4-10-6(7)8-5(7)9/h6H,2-4H2,1H3,(H,8,9)/t6-,7-/m0/s1. The van der Waals surface area contributed by atoms with Crippen LogP contribution in [0.2, 0.25) is 0 Å². The molecule has 0 radical (unpaired) electrons. The highest BCUT2D eigenvalue weighted by Crippen LogP contribution is 2.39. The number of β-lactam (4-membered cyclic amide) rings is 1. The Balaban J connectivity index is 2.15. The summed E-state index contributed by atoms with van der Waals surface area (Å²) in [5.41, 5.74) is -0.196. The second-order valence-electron chi connectivity index (χ2n) is 3.25. The molecule has 0 aromatic carbocycles. The smallest absolute Gasteiger partial charge is 0.232 e. The van der Waals surface area contributed by atoms with E-state index in [0.717, 1.165) is 19.4 Å². The van der Waals surface area contributed by atoms with Gasteiger partial charge in [-0.25, -0.2) is 0 Å². The van der Waals surface area contributed by atoms with E-state index in [1.165, 1.54) is 0 Å². The number of amides is 1. The second-order valence-corrected chi connectivity index (χ2v) is 3.25. The first-order chi connectivity index (χ1) is 4.73. The second kappa shape index (κ2) is 1.72. The molecule has 2 aliphatic rings. The van der Waals surface area contributed by atoms with Gasteiger partial charge in [0.25, 0.3) is 0 Å². The highest BCUT2D eigenvalue weighted by atomic mass is 16.5. The van der Waals surface area contributed by atoms with Gasteiger partial charge in [-0.05, 0) is 19.8 Å². The Bertz CT molecular complexity index is 180. The Morgan fingerprint density at radius 1 is 1.80 bits per heavy atom. The van der Waals surface area contributed by atoms with Gasteiger partial charge < -0.3 is 10.1 Å². The zero-order valence-electron chi connectivity index (χ0n) is 6.02. The molecule has 3 heteroatoms. The van der Waals surface area contributed by atoms with Crippen molar-refractivity contribution < 1.29 is 9.53 Å². The molecule has 0 aliphatic carbocycles.